The maximum absolute atomic E-state index is 8.69. The molecule has 0 bridgehead atoms. The SMILES string of the molecule is CC(C)(C)O.CC(O)COC(C)CO. The Bertz CT molecular complexity index is 112. The number of aliphatic hydroxyl groups is 3. The van der Waals surface area contributed by atoms with Gasteiger partial charge in [0.15, 0.2) is 0 Å². The molecule has 0 aliphatic rings. The molecular formula is C10H24O4. The molecule has 0 aliphatic carbocycles. The quantitative estimate of drug-likeness (QED) is 0.630. The van der Waals surface area contributed by atoms with Crippen molar-refractivity contribution in [2.24, 2.45) is 0 Å². The Kier molecular flexibility index (Phi) is 9.50. The van der Waals surface area contributed by atoms with Crippen LogP contribution in [-0.2, 0) is 4.74 Å². The summed E-state index contributed by atoms with van der Waals surface area (Å²) in [5.74, 6) is 0. The van der Waals surface area contributed by atoms with E-state index >= 15 is 0 Å². The van der Waals surface area contributed by atoms with Crippen LogP contribution in [0.4, 0.5) is 0 Å². The van der Waals surface area contributed by atoms with Gasteiger partial charge in [-0.2, -0.15) is 0 Å². The van der Waals surface area contributed by atoms with Crippen LogP contribution in [0, 0.1) is 0 Å². The van der Waals surface area contributed by atoms with E-state index in [-0.39, 0.29) is 12.7 Å². The molecule has 0 fully saturated rings. The first-order chi connectivity index (χ1) is 6.16. The fourth-order valence-electron chi connectivity index (χ4n) is 0.356. The lowest BCUT2D eigenvalue weighted by molar-refractivity contribution is -0.0177. The van der Waals surface area contributed by atoms with Gasteiger partial charge in [-0.25, -0.2) is 0 Å². The Hall–Kier alpha value is -0.160. The van der Waals surface area contributed by atoms with E-state index in [9.17, 15) is 0 Å². The molecule has 2 atom stereocenters. The topological polar surface area (TPSA) is 69.9 Å². The maximum Gasteiger partial charge on any atom is 0.0779 e. The highest BCUT2D eigenvalue weighted by Crippen LogP contribution is 1.93. The second-order valence-electron chi connectivity index (χ2n) is 4.35. The van der Waals surface area contributed by atoms with Crippen molar-refractivity contribution < 1.29 is 20.1 Å². The third-order valence-corrected chi connectivity index (χ3v) is 0.879. The van der Waals surface area contributed by atoms with Crippen LogP contribution in [0.15, 0.2) is 0 Å². The van der Waals surface area contributed by atoms with Crippen LogP contribution in [0.2, 0.25) is 0 Å². The largest absolute Gasteiger partial charge is 0.394 e. The summed E-state index contributed by atoms with van der Waals surface area (Å²) in [6.07, 6.45) is -0.612. The van der Waals surface area contributed by atoms with Crippen molar-refractivity contribution in [2.75, 3.05) is 13.2 Å². The molecule has 0 radical (unpaired) electrons. The monoisotopic (exact) mass is 208 g/mol. The summed E-state index contributed by atoms with van der Waals surface area (Å²) in [4.78, 5) is 0. The number of ether oxygens (including phenoxy) is 1. The third kappa shape index (κ3) is 29.7. The predicted octanol–water partition coefficient (Wildman–Crippen LogP) is 0.542. The highest BCUT2D eigenvalue weighted by Gasteiger charge is 2.00. The molecule has 0 saturated carbocycles. The van der Waals surface area contributed by atoms with Crippen molar-refractivity contribution in [3.05, 3.63) is 0 Å². The van der Waals surface area contributed by atoms with Gasteiger partial charge in [-0.15, -0.1) is 0 Å². The number of aliphatic hydroxyl groups excluding tert-OH is 2. The minimum absolute atomic E-state index is 0.00667. The standard InChI is InChI=1S/C6H14O3.C4H10O/c1-5(8)4-9-6(2)3-7;1-4(2,3)5/h5-8H,3-4H2,1-2H3;5H,1-3H3. The van der Waals surface area contributed by atoms with Crippen molar-refractivity contribution in [2.45, 2.75) is 52.4 Å². The van der Waals surface area contributed by atoms with E-state index in [1.54, 1.807) is 34.6 Å². The first-order valence-electron chi connectivity index (χ1n) is 4.79. The second-order valence-corrected chi connectivity index (χ2v) is 4.35. The molecule has 14 heavy (non-hydrogen) atoms. The second kappa shape index (κ2) is 8.17. The number of rotatable bonds is 4. The Morgan fingerprint density at radius 3 is 1.79 bits per heavy atom. The van der Waals surface area contributed by atoms with Gasteiger partial charge in [0.05, 0.1) is 31.0 Å². The summed E-state index contributed by atoms with van der Waals surface area (Å²) >= 11 is 0. The van der Waals surface area contributed by atoms with Gasteiger partial charge in [0.2, 0.25) is 0 Å². The summed E-state index contributed by atoms with van der Waals surface area (Å²) in [7, 11) is 0. The van der Waals surface area contributed by atoms with Crippen molar-refractivity contribution in [1.29, 1.82) is 0 Å². The summed E-state index contributed by atoms with van der Waals surface area (Å²) in [5.41, 5.74) is -0.500. The Morgan fingerprint density at radius 2 is 1.57 bits per heavy atom. The molecule has 0 aromatic heterocycles. The van der Waals surface area contributed by atoms with Crippen molar-refractivity contribution >= 4 is 0 Å². The van der Waals surface area contributed by atoms with Gasteiger partial charge in [-0.1, -0.05) is 0 Å². The Morgan fingerprint density at radius 1 is 1.21 bits per heavy atom. The van der Waals surface area contributed by atoms with Crippen molar-refractivity contribution in [1.82, 2.24) is 0 Å². The highest BCUT2D eigenvalue weighted by molar-refractivity contribution is 4.51. The van der Waals surface area contributed by atoms with Gasteiger partial charge in [-0.3, -0.25) is 0 Å². The van der Waals surface area contributed by atoms with Gasteiger partial charge in [0.25, 0.3) is 0 Å². The van der Waals surface area contributed by atoms with Crippen LogP contribution >= 0.6 is 0 Å². The molecular weight excluding hydrogens is 184 g/mol. The van der Waals surface area contributed by atoms with E-state index in [2.05, 4.69) is 0 Å². The average Bonchev–Trinajstić information content (AvgIpc) is 1.96. The Labute approximate surface area is 86.5 Å². The molecule has 2 unspecified atom stereocenters. The number of hydrogen-bond donors (Lipinski definition) is 3. The molecule has 0 aromatic rings. The van der Waals surface area contributed by atoms with E-state index in [4.69, 9.17) is 20.1 Å². The minimum atomic E-state index is -0.500. The Balaban J connectivity index is 0. The van der Waals surface area contributed by atoms with Crippen LogP contribution in [0.25, 0.3) is 0 Å². The first kappa shape index (κ1) is 16.3. The van der Waals surface area contributed by atoms with Gasteiger partial charge in [0.1, 0.15) is 0 Å². The van der Waals surface area contributed by atoms with E-state index in [0.29, 0.717) is 6.61 Å². The minimum Gasteiger partial charge on any atom is -0.394 e. The molecule has 0 heterocycles. The average molecular weight is 208 g/mol. The highest BCUT2D eigenvalue weighted by atomic mass is 16.5. The molecule has 0 aromatic carbocycles. The molecule has 4 heteroatoms. The van der Waals surface area contributed by atoms with Crippen LogP contribution in [-0.4, -0.2) is 46.3 Å². The predicted molar refractivity (Wildman–Crippen MR) is 56.2 cm³/mol. The molecule has 0 rings (SSSR count). The molecule has 0 amide bonds. The zero-order valence-electron chi connectivity index (χ0n) is 9.82. The maximum atomic E-state index is 8.69. The zero-order valence-corrected chi connectivity index (χ0v) is 9.82. The van der Waals surface area contributed by atoms with Crippen molar-refractivity contribution in [3.8, 4) is 0 Å². The van der Waals surface area contributed by atoms with Crippen LogP contribution in [0.1, 0.15) is 34.6 Å². The number of hydrogen-bond acceptors (Lipinski definition) is 4. The van der Waals surface area contributed by atoms with E-state index in [1.807, 2.05) is 0 Å². The lowest BCUT2D eigenvalue weighted by atomic mass is 10.2. The van der Waals surface area contributed by atoms with E-state index < -0.39 is 11.7 Å². The van der Waals surface area contributed by atoms with Crippen LogP contribution in [0.5, 0.6) is 0 Å². The molecule has 3 N–H and O–H groups in total. The molecule has 88 valence electrons. The van der Waals surface area contributed by atoms with Gasteiger partial charge in [0, 0.05) is 0 Å². The summed E-state index contributed by atoms with van der Waals surface area (Å²) < 4.78 is 4.95. The summed E-state index contributed by atoms with van der Waals surface area (Å²) in [6, 6.07) is 0. The fourth-order valence-corrected chi connectivity index (χ4v) is 0.356. The lowest BCUT2D eigenvalue weighted by Gasteiger charge is -2.10. The van der Waals surface area contributed by atoms with Crippen LogP contribution < -0.4 is 0 Å². The van der Waals surface area contributed by atoms with Gasteiger partial charge in [-0.05, 0) is 34.6 Å². The smallest absolute Gasteiger partial charge is 0.0779 e. The normalized spacial score (nSPS) is 15.4. The molecule has 0 saturated heterocycles. The first-order valence-corrected chi connectivity index (χ1v) is 4.79. The lowest BCUT2D eigenvalue weighted by Crippen LogP contribution is -2.19. The molecule has 0 spiro atoms. The van der Waals surface area contributed by atoms with Crippen LogP contribution in [0.3, 0.4) is 0 Å². The van der Waals surface area contributed by atoms with Gasteiger partial charge >= 0.3 is 0 Å². The zero-order chi connectivity index (χ0) is 11.8. The fraction of sp³-hybridized carbons (Fsp3) is 1.00. The summed E-state index contributed by atoms with van der Waals surface area (Å²) in [6.45, 7) is 8.92. The third-order valence-electron chi connectivity index (χ3n) is 0.879. The van der Waals surface area contributed by atoms with Crippen molar-refractivity contribution in [3.63, 3.8) is 0 Å². The molecule has 0 aliphatic heterocycles. The molecule has 4 nitrogen and oxygen atoms in total. The van der Waals surface area contributed by atoms with E-state index in [0.717, 1.165) is 0 Å². The van der Waals surface area contributed by atoms with E-state index in [1.165, 1.54) is 0 Å². The summed E-state index contributed by atoms with van der Waals surface area (Å²) in [5, 5.41) is 25.7. The van der Waals surface area contributed by atoms with Gasteiger partial charge < -0.3 is 20.1 Å².